The van der Waals surface area contributed by atoms with Crippen molar-refractivity contribution in [2.45, 2.75) is 0 Å². The molecule has 10 aromatic carbocycles. The first-order chi connectivity index (χ1) is 30.8. The van der Waals surface area contributed by atoms with Crippen molar-refractivity contribution in [3.63, 3.8) is 0 Å². The van der Waals surface area contributed by atoms with Crippen LogP contribution in [0.2, 0.25) is 0 Å². The van der Waals surface area contributed by atoms with Crippen LogP contribution in [-0.2, 0) is 0 Å². The van der Waals surface area contributed by atoms with Crippen LogP contribution >= 0.6 is 11.3 Å². The van der Waals surface area contributed by atoms with Gasteiger partial charge in [-0.3, -0.25) is 0 Å². The zero-order valence-electron chi connectivity index (χ0n) is 33.4. The van der Waals surface area contributed by atoms with Crippen molar-refractivity contribution in [1.29, 1.82) is 0 Å². The van der Waals surface area contributed by atoms with Crippen molar-refractivity contribution in [3.05, 3.63) is 212 Å². The van der Waals surface area contributed by atoms with Crippen molar-refractivity contribution < 1.29 is 9.47 Å². The third-order valence-electron chi connectivity index (χ3n) is 12.5. The highest BCUT2D eigenvalue weighted by Gasteiger charge is 2.43. The number of ether oxygens (including phenoxy) is 2. The van der Waals surface area contributed by atoms with Crippen LogP contribution in [0.1, 0.15) is 0 Å². The van der Waals surface area contributed by atoms with E-state index in [9.17, 15) is 0 Å². The fourth-order valence-electron chi connectivity index (χ4n) is 9.94. The molecule has 0 radical (unpaired) electrons. The normalized spacial score (nSPS) is 12.4. The van der Waals surface area contributed by atoms with Gasteiger partial charge in [-0.05, 0) is 88.4 Å². The van der Waals surface area contributed by atoms with Gasteiger partial charge in [0, 0.05) is 71.3 Å². The quantitative estimate of drug-likeness (QED) is 0.156. The zero-order valence-corrected chi connectivity index (χ0v) is 34.2. The summed E-state index contributed by atoms with van der Waals surface area (Å²) in [4.78, 5) is 4.73. The molecule has 2 aliphatic heterocycles. The van der Waals surface area contributed by atoms with E-state index in [1.165, 1.54) is 20.2 Å². The lowest BCUT2D eigenvalue weighted by Gasteiger charge is -2.37. The molecule has 0 saturated carbocycles. The molecule has 11 aromatic rings. The van der Waals surface area contributed by atoms with Crippen molar-refractivity contribution in [2.24, 2.45) is 0 Å². The topological polar surface area (TPSA) is 24.9 Å². The second-order valence-electron chi connectivity index (χ2n) is 16.0. The zero-order chi connectivity index (χ0) is 40.7. The standard InChI is InChI=1S/C56H35BN2O2S/c1-4-17-36(18-5-1)58(37-19-6-2-7-20-37)46-34-50-54(44-26-12-10-23-40(44)46)57-55-45-27-13-11-24-41(45)47(35-51(55)61-49-29-16-28-48(60-50)56(49)57)59(38-21-8-3-9-22-38)39-31-32-43-42-25-14-15-30-52(42)62-53(43)33-39/h1-35H. The van der Waals surface area contributed by atoms with E-state index in [0.29, 0.717) is 0 Å². The van der Waals surface area contributed by atoms with Gasteiger partial charge in [-0.15, -0.1) is 11.3 Å². The molecule has 0 N–H and O–H groups in total. The van der Waals surface area contributed by atoms with Gasteiger partial charge in [0.2, 0.25) is 0 Å². The maximum absolute atomic E-state index is 7.10. The molecule has 0 amide bonds. The minimum atomic E-state index is -0.159. The van der Waals surface area contributed by atoms with E-state index in [4.69, 9.17) is 9.47 Å². The lowest BCUT2D eigenvalue weighted by molar-refractivity contribution is 0.465. The highest BCUT2D eigenvalue weighted by Crippen LogP contribution is 2.48. The molecule has 290 valence electrons. The number of hydrogen-bond donors (Lipinski definition) is 0. The molecule has 0 unspecified atom stereocenters. The van der Waals surface area contributed by atoms with E-state index in [-0.39, 0.29) is 6.71 Å². The van der Waals surface area contributed by atoms with E-state index < -0.39 is 0 Å². The van der Waals surface area contributed by atoms with Gasteiger partial charge in [-0.1, -0.05) is 133 Å². The summed E-state index contributed by atoms with van der Waals surface area (Å²) in [6, 6.07) is 75.8. The first-order valence-electron chi connectivity index (χ1n) is 21.0. The number of fused-ring (bicyclic) bond motifs is 11. The summed E-state index contributed by atoms with van der Waals surface area (Å²) in [6.45, 7) is -0.159. The number of hydrogen-bond acceptors (Lipinski definition) is 5. The third kappa shape index (κ3) is 5.33. The molecule has 2 aliphatic rings. The predicted octanol–water partition coefficient (Wildman–Crippen LogP) is 14.0. The third-order valence-corrected chi connectivity index (χ3v) is 13.7. The first kappa shape index (κ1) is 35.0. The van der Waals surface area contributed by atoms with Crippen LogP contribution in [0.3, 0.4) is 0 Å². The summed E-state index contributed by atoms with van der Waals surface area (Å²) in [6.07, 6.45) is 0. The molecule has 3 heterocycles. The summed E-state index contributed by atoms with van der Waals surface area (Å²) >= 11 is 1.84. The van der Waals surface area contributed by atoms with Crippen molar-refractivity contribution in [2.75, 3.05) is 9.80 Å². The van der Waals surface area contributed by atoms with E-state index in [1.54, 1.807) is 0 Å². The van der Waals surface area contributed by atoms with Crippen LogP contribution in [0, 0.1) is 0 Å². The Balaban J connectivity index is 1.06. The van der Waals surface area contributed by atoms with Gasteiger partial charge < -0.3 is 19.3 Å². The molecule has 62 heavy (non-hydrogen) atoms. The Kier molecular flexibility index (Phi) is 7.84. The largest absolute Gasteiger partial charge is 0.458 e. The number of thiophene rings is 1. The van der Waals surface area contributed by atoms with Crippen molar-refractivity contribution in [3.8, 4) is 23.0 Å². The molecule has 0 atom stereocenters. The Hall–Kier alpha value is -7.80. The molecular weight excluding hydrogens is 776 g/mol. The summed E-state index contributed by atoms with van der Waals surface area (Å²) in [5.74, 6) is 3.31. The molecule has 6 heteroatoms. The Labute approximate surface area is 363 Å². The highest BCUT2D eigenvalue weighted by atomic mass is 32.1. The lowest BCUT2D eigenvalue weighted by atomic mass is 9.33. The number of rotatable bonds is 6. The van der Waals surface area contributed by atoms with E-state index >= 15 is 0 Å². The smallest absolute Gasteiger partial charge is 0.262 e. The van der Waals surface area contributed by atoms with Crippen LogP contribution in [0.15, 0.2) is 212 Å². The summed E-state index contributed by atoms with van der Waals surface area (Å²) < 4.78 is 16.7. The molecule has 4 nitrogen and oxygen atoms in total. The van der Waals surface area contributed by atoms with E-state index in [2.05, 4.69) is 216 Å². The Bertz CT molecular complexity index is 3520. The molecule has 0 aliphatic carbocycles. The molecule has 0 bridgehead atoms. The Morgan fingerprint density at radius 1 is 0.306 bits per heavy atom. The summed E-state index contributed by atoms with van der Waals surface area (Å²) in [7, 11) is 0. The van der Waals surface area contributed by atoms with Gasteiger partial charge in [0.15, 0.2) is 0 Å². The van der Waals surface area contributed by atoms with E-state index in [1.807, 2.05) is 17.4 Å². The number of benzene rings is 10. The van der Waals surface area contributed by atoms with Gasteiger partial charge in [0.25, 0.3) is 6.71 Å². The fourth-order valence-corrected chi connectivity index (χ4v) is 11.1. The average Bonchev–Trinajstić information content (AvgIpc) is 3.71. The van der Waals surface area contributed by atoms with E-state index in [0.717, 1.165) is 95.1 Å². The van der Waals surface area contributed by atoms with Gasteiger partial charge in [-0.2, -0.15) is 0 Å². The highest BCUT2D eigenvalue weighted by molar-refractivity contribution is 7.25. The molecule has 1 aromatic heterocycles. The van der Waals surface area contributed by atoms with Crippen LogP contribution in [0.4, 0.5) is 34.1 Å². The molecule has 13 rings (SSSR count). The minimum absolute atomic E-state index is 0.159. The van der Waals surface area contributed by atoms with Crippen molar-refractivity contribution >= 4 is 110 Å². The van der Waals surface area contributed by atoms with Gasteiger partial charge >= 0.3 is 0 Å². The predicted molar refractivity (Wildman–Crippen MR) is 261 cm³/mol. The number of anilines is 6. The Morgan fingerprint density at radius 3 is 1.27 bits per heavy atom. The van der Waals surface area contributed by atoms with Gasteiger partial charge in [0.1, 0.15) is 23.0 Å². The molecule has 0 fully saturated rings. The maximum atomic E-state index is 7.10. The summed E-state index contributed by atoms with van der Waals surface area (Å²) in [5.41, 5.74) is 9.77. The lowest BCUT2D eigenvalue weighted by Crippen LogP contribution is -2.58. The van der Waals surface area contributed by atoms with Gasteiger partial charge in [-0.25, -0.2) is 0 Å². The second kappa shape index (κ2) is 13.9. The molecule has 0 spiro atoms. The maximum Gasteiger partial charge on any atom is 0.262 e. The van der Waals surface area contributed by atoms with Crippen LogP contribution in [0.25, 0.3) is 41.7 Å². The SMILES string of the molecule is c1ccc(N(c2ccccc2)c2cc3c(c4ccccc24)B2c4c(cccc4Oc4cc(N(c5ccccc5)c5ccc6c(c5)sc5ccccc56)c5ccccc5c42)O3)cc1. The van der Waals surface area contributed by atoms with Crippen LogP contribution < -0.4 is 35.7 Å². The Morgan fingerprint density at radius 2 is 0.742 bits per heavy atom. The summed E-state index contributed by atoms with van der Waals surface area (Å²) in [5, 5.41) is 7.14. The minimum Gasteiger partial charge on any atom is -0.458 e. The number of para-hydroxylation sites is 3. The van der Waals surface area contributed by atoms with Crippen LogP contribution in [0.5, 0.6) is 23.0 Å². The monoisotopic (exact) mass is 810 g/mol. The number of nitrogens with zero attached hydrogens (tertiary/aromatic N) is 2. The second-order valence-corrected chi connectivity index (χ2v) is 17.1. The molecular formula is C56H35BN2O2S. The first-order valence-corrected chi connectivity index (χ1v) is 21.8. The van der Waals surface area contributed by atoms with Crippen LogP contribution in [-0.4, -0.2) is 6.71 Å². The fraction of sp³-hybridized carbons (Fsp3) is 0. The average molecular weight is 811 g/mol. The van der Waals surface area contributed by atoms with Gasteiger partial charge in [0.05, 0.1) is 11.4 Å². The van der Waals surface area contributed by atoms with Crippen molar-refractivity contribution in [1.82, 2.24) is 0 Å². The molecule has 0 saturated heterocycles.